The Hall–Kier alpha value is -3.13. The van der Waals surface area contributed by atoms with Crippen LogP contribution in [0.2, 0.25) is 5.02 Å². The molecule has 1 amide bonds. The van der Waals surface area contributed by atoms with Crippen molar-refractivity contribution in [1.82, 2.24) is 14.3 Å². The second kappa shape index (κ2) is 9.25. The summed E-state index contributed by atoms with van der Waals surface area (Å²) in [6.07, 6.45) is 4.02. The van der Waals surface area contributed by atoms with E-state index < -0.39 is 11.6 Å². The van der Waals surface area contributed by atoms with Crippen LogP contribution in [0.3, 0.4) is 0 Å². The average Bonchev–Trinajstić information content (AvgIpc) is 3.42. The first-order chi connectivity index (χ1) is 16.1. The number of halogens is 1. The zero-order valence-corrected chi connectivity index (χ0v) is 21.0. The zero-order chi connectivity index (χ0) is 24.6. The Bertz CT molecular complexity index is 1200. The molecule has 1 aromatic carbocycles. The van der Waals surface area contributed by atoms with Crippen LogP contribution in [0.4, 0.5) is 10.5 Å². The molecule has 1 atom stereocenters. The molecule has 1 fully saturated rings. The summed E-state index contributed by atoms with van der Waals surface area (Å²) in [5.74, 6) is 1.46. The van der Waals surface area contributed by atoms with Crippen LogP contribution in [0, 0.1) is 5.92 Å². The first kappa shape index (κ1) is 24.0. The summed E-state index contributed by atoms with van der Waals surface area (Å²) < 4.78 is 12.8. The van der Waals surface area contributed by atoms with Gasteiger partial charge in [-0.2, -0.15) is 0 Å². The number of carbonyl (C=O) groups is 1. The predicted octanol–water partition coefficient (Wildman–Crippen LogP) is 5.28. The first-order valence-electron chi connectivity index (χ1n) is 11.3. The van der Waals surface area contributed by atoms with Crippen LogP contribution in [0.1, 0.15) is 27.2 Å². The van der Waals surface area contributed by atoms with Gasteiger partial charge in [0.05, 0.1) is 24.9 Å². The third-order valence-electron chi connectivity index (χ3n) is 6.33. The summed E-state index contributed by atoms with van der Waals surface area (Å²) in [6, 6.07) is 7.69. The molecule has 1 N–H and O–H groups in total. The van der Waals surface area contributed by atoms with Crippen molar-refractivity contribution in [1.29, 1.82) is 0 Å². The normalized spacial score (nSPS) is 16.2. The van der Waals surface area contributed by atoms with Gasteiger partial charge in [0.25, 0.3) is 0 Å². The number of aromatic nitrogens is 2. The molecular weight excluding hydrogens is 456 g/mol. The van der Waals surface area contributed by atoms with Gasteiger partial charge < -0.3 is 28.8 Å². The number of methoxy groups -OCH3 is 2. The van der Waals surface area contributed by atoms with E-state index in [0.717, 1.165) is 42.1 Å². The lowest BCUT2D eigenvalue weighted by Gasteiger charge is -2.35. The Morgan fingerprint density at radius 1 is 1.24 bits per heavy atom. The van der Waals surface area contributed by atoms with Crippen LogP contribution in [0.15, 0.2) is 36.7 Å². The van der Waals surface area contributed by atoms with E-state index in [1.165, 1.54) is 0 Å². The molecule has 34 heavy (non-hydrogen) atoms. The molecule has 3 heterocycles. The Morgan fingerprint density at radius 3 is 2.62 bits per heavy atom. The monoisotopic (exact) mass is 486 g/mol. The molecule has 9 heteroatoms. The van der Waals surface area contributed by atoms with E-state index in [1.54, 1.807) is 31.3 Å². The van der Waals surface area contributed by atoms with Gasteiger partial charge in [0.15, 0.2) is 0 Å². The number of amides is 1. The van der Waals surface area contributed by atoms with Crippen LogP contribution in [0.5, 0.6) is 11.5 Å². The summed E-state index contributed by atoms with van der Waals surface area (Å²) in [5, 5.41) is 10.1. The lowest BCUT2D eigenvalue weighted by atomic mass is 10.0. The summed E-state index contributed by atoms with van der Waals surface area (Å²) in [5.41, 5.74) is 3.00. The molecule has 0 bridgehead atoms. The summed E-state index contributed by atoms with van der Waals surface area (Å²) in [7, 11) is 3.17. The molecule has 1 unspecified atom stereocenters. The number of hydrogen-bond acceptors (Lipinski definition) is 5. The molecule has 1 aliphatic rings. The number of carboxylic acid groups (broad SMARTS) is 1. The van der Waals surface area contributed by atoms with Crippen molar-refractivity contribution < 1.29 is 19.4 Å². The minimum absolute atomic E-state index is 0.285. The van der Waals surface area contributed by atoms with Crippen LogP contribution >= 0.6 is 11.6 Å². The van der Waals surface area contributed by atoms with E-state index in [1.807, 2.05) is 37.6 Å². The molecule has 3 aromatic rings. The minimum atomic E-state index is -0.869. The Balaban J connectivity index is 1.56. The molecule has 4 rings (SSSR count). The molecule has 2 aromatic heterocycles. The number of pyridine rings is 1. The highest BCUT2D eigenvalue weighted by Crippen LogP contribution is 2.38. The van der Waals surface area contributed by atoms with Gasteiger partial charge in [0.1, 0.15) is 17.1 Å². The highest BCUT2D eigenvalue weighted by atomic mass is 35.5. The van der Waals surface area contributed by atoms with Gasteiger partial charge in [-0.25, -0.2) is 9.78 Å². The third-order valence-corrected chi connectivity index (χ3v) is 6.62. The Morgan fingerprint density at radius 2 is 1.97 bits per heavy atom. The van der Waals surface area contributed by atoms with Crippen molar-refractivity contribution in [3.63, 3.8) is 0 Å². The molecule has 1 saturated heterocycles. The smallest absolute Gasteiger partial charge is 0.407 e. The Labute approximate surface area is 204 Å². The molecule has 0 radical (unpaired) electrons. The highest BCUT2D eigenvalue weighted by molar-refractivity contribution is 6.32. The van der Waals surface area contributed by atoms with Gasteiger partial charge in [-0.05, 0) is 45.2 Å². The molecule has 0 aliphatic carbocycles. The minimum Gasteiger partial charge on any atom is -0.496 e. The van der Waals surface area contributed by atoms with Gasteiger partial charge in [0, 0.05) is 61.0 Å². The van der Waals surface area contributed by atoms with E-state index in [0.29, 0.717) is 23.1 Å². The second-order valence-electron chi connectivity index (χ2n) is 9.63. The van der Waals surface area contributed by atoms with E-state index >= 15 is 0 Å². The van der Waals surface area contributed by atoms with Crippen molar-refractivity contribution in [2.75, 3.05) is 38.8 Å². The number of rotatable bonds is 6. The quantitative estimate of drug-likeness (QED) is 0.511. The lowest BCUT2D eigenvalue weighted by molar-refractivity contribution is 0.0908. The van der Waals surface area contributed by atoms with Gasteiger partial charge in [0.2, 0.25) is 0 Å². The summed E-state index contributed by atoms with van der Waals surface area (Å²) in [4.78, 5) is 20.4. The van der Waals surface area contributed by atoms with Crippen molar-refractivity contribution in [3.05, 3.63) is 41.7 Å². The van der Waals surface area contributed by atoms with Gasteiger partial charge in [-0.3, -0.25) is 0 Å². The predicted molar refractivity (Wildman–Crippen MR) is 134 cm³/mol. The van der Waals surface area contributed by atoms with E-state index in [-0.39, 0.29) is 5.92 Å². The third kappa shape index (κ3) is 4.73. The van der Waals surface area contributed by atoms with Crippen molar-refractivity contribution in [2.24, 2.45) is 5.92 Å². The standard InChI is InChI=1S/C25H31ClN4O4/c1-25(2,3)30(24(31)32)14-16-6-8-28(13-16)17-7-9-29-15-20(27-23(29)10-17)18-11-19(26)22(34-5)12-21(18)33-4/h7,9-12,15-16H,6,8,13-14H2,1-5H3,(H,31,32). The maximum Gasteiger partial charge on any atom is 0.407 e. The maximum atomic E-state index is 11.7. The number of nitrogens with zero attached hydrogens (tertiary/aromatic N) is 4. The number of imidazole rings is 1. The zero-order valence-electron chi connectivity index (χ0n) is 20.2. The number of benzene rings is 1. The number of fused-ring (bicyclic) bond motifs is 1. The summed E-state index contributed by atoms with van der Waals surface area (Å²) >= 11 is 6.35. The van der Waals surface area contributed by atoms with E-state index in [4.69, 9.17) is 26.1 Å². The molecule has 0 spiro atoms. The van der Waals surface area contributed by atoms with E-state index in [2.05, 4.69) is 17.0 Å². The van der Waals surface area contributed by atoms with Gasteiger partial charge in [-0.15, -0.1) is 0 Å². The fraction of sp³-hybridized carbons (Fsp3) is 0.440. The molecule has 1 aliphatic heterocycles. The van der Waals surface area contributed by atoms with Crippen molar-refractivity contribution in [2.45, 2.75) is 32.7 Å². The molecule has 0 saturated carbocycles. The topological polar surface area (TPSA) is 79.5 Å². The van der Waals surface area contributed by atoms with Gasteiger partial charge in [-0.1, -0.05) is 11.6 Å². The second-order valence-corrected chi connectivity index (χ2v) is 10.0. The number of hydrogen-bond donors (Lipinski definition) is 1. The molecular formula is C25H31ClN4O4. The molecule has 182 valence electrons. The van der Waals surface area contributed by atoms with Crippen molar-refractivity contribution >= 4 is 29.0 Å². The lowest BCUT2D eigenvalue weighted by Crippen LogP contribution is -2.47. The fourth-order valence-corrected chi connectivity index (χ4v) is 4.71. The average molecular weight is 487 g/mol. The summed E-state index contributed by atoms with van der Waals surface area (Å²) in [6.45, 7) is 8.02. The first-order valence-corrected chi connectivity index (χ1v) is 11.6. The van der Waals surface area contributed by atoms with E-state index in [9.17, 15) is 9.90 Å². The largest absolute Gasteiger partial charge is 0.496 e. The SMILES string of the molecule is COc1cc(OC)c(-c2cn3ccc(N4CCC(CN(C(=O)O)C(C)(C)C)C4)cc3n2)cc1Cl. The molecule has 8 nitrogen and oxygen atoms in total. The van der Waals surface area contributed by atoms with Crippen LogP contribution < -0.4 is 14.4 Å². The van der Waals surface area contributed by atoms with Crippen LogP contribution in [0.25, 0.3) is 16.9 Å². The highest BCUT2D eigenvalue weighted by Gasteiger charge is 2.32. The van der Waals surface area contributed by atoms with Gasteiger partial charge >= 0.3 is 6.09 Å². The van der Waals surface area contributed by atoms with Crippen molar-refractivity contribution in [3.8, 4) is 22.8 Å². The fourth-order valence-electron chi connectivity index (χ4n) is 4.47. The number of ether oxygens (including phenoxy) is 2. The number of anilines is 1. The Kier molecular flexibility index (Phi) is 6.53. The maximum absolute atomic E-state index is 11.7. The van der Waals surface area contributed by atoms with Crippen LogP contribution in [-0.2, 0) is 0 Å². The van der Waals surface area contributed by atoms with Crippen LogP contribution in [-0.4, -0.2) is 64.9 Å².